The molecule has 0 spiro atoms. The van der Waals surface area contributed by atoms with Crippen LogP contribution in [0.25, 0.3) is 0 Å². The molecule has 6 nitrogen and oxygen atoms in total. The maximum atomic E-state index is 12.0. The van der Waals surface area contributed by atoms with Crippen molar-refractivity contribution >= 4 is 11.9 Å². The van der Waals surface area contributed by atoms with Gasteiger partial charge in [0.2, 0.25) is 5.91 Å². The minimum Gasteiger partial charge on any atom is -0.480 e. The van der Waals surface area contributed by atoms with Crippen LogP contribution in [0.3, 0.4) is 0 Å². The summed E-state index contributed by atoms with van der Waals surface area (Å²) in [6.07, 6.45) is 0.820. The number of nitrogens with zero attached hydrogens (tertiary/aromatic N) is 2. The van der Waals surface area contributed by atoms with Crippen LogP contribution in [0.5, 0.6) is 0 Å². The Morgan fingerprint density at radius 2 is 1.90 bits per heavy atom. The first-order chi connectivity index (χ1) is 9.54. The predicted molar refractivity (Wildman–Crippen MR) is 80.0 cm³/mol. The number of hydrogen-bond donors (Lipinski definition) is 2. The molecule has 1 aromatic rings. The average molecular weight is 295 g/mol. The van der Waals surface area contributed by atoms with Crippen LogP contribution >= 0.6 is 0 Å². The number of rotatable bonds is 5. The first kappa shape index (κ1) is 17.2. The molecule has 1 atom stereocenters. The molecule has 0 aliphatic rings. The molecule has 0 radical (unpaired) electrons. The average Bonchev–Trinajstić information content (AvgIpc) is 2.56. The zero-order valence-corrected chi connectivity index (χ0v) is 13.6. The molecule has 0 aliphatic heterocycles. The van der Waals surface area contributed by atoms with Crippen LogP contribution in [0.15, 0.2) is 0 Å². The lowest BCUT2D eigenvalue weighted by molar-refractivity contribution is -0.144. The first-order valence-electron chi connectivity index (χ1n) is 7.05. The lowest BCUT2D eigenvalue weighted by Gasteiger charge is -2.27. The van der Waals surface area contributed by atoms with Crippen LogP contribution < -0.4 is 5.32 Å². The number of hydrogen-bond acceptors (Lipinski definition) is 3. The number of amides is 1. The summed E-state index contributed by atoms with van der Waals surface area (Å²) < 4.78 is 1.79. The van der Waals surface area contributed by atoms with Gasteiger partial charge in [0.05, 0.1) is 5.69 Å². The van der Waals surface area contributed by atoms with E-state index in [1.807, 2.05) is 20.9 Å². The molecule has 0 bridgehead atoms. The number of carbonyl (C=O) groups excluding carboxylic acids is 1. The van der Waals surface area contributed by atoms with E-state index in [1.54, 1.807) is 25.5 Å². The van der Waals surface area contributed by atoms with Crippen molar-refractivity contribution in [1.29, 1.82) is 0 Å². The van der Waals surface area contributed by atoms with Crippen LogP contribution in [-0.4, -0.2) is 32.8 Å². The van der Waals surface area contributed by atoms with Crippen molar-refractivity contribution < 1.29 is 14.7 Å². The van der Waals surface area contributed by atoms with Crippen LogP contribution in [0, 0.1) is 19.3 Å². The van der Waals surface area contributed by atoms with Gasteiger partial charge in [-0.25, -0.2) is 4.79 Å². The summed E-state index contributed by atoms with van der Waals surface area (Å²) in [6, 6.07) is -0.888. The monoisotopic (exact) mass is 295 g/mol. The Labute approximate surface area is 125 Å². The molecular formula is C15H25N3O3. The van der Waals surface area contributed by atoms with E-state index in [2.05, 4.69) is 10.4 Å². The van der Waals surface area contributed by atoms with Gasteiger partial charge in [0, 0.05) is 19.2 Å². The largest absolute Gasteiger partial charge is 0.480 e. The van der Waals surface area contributed by atoms with E-state index in [4.69, 9.17) is 0 Å². The van der Waals surface area contributed by atoms with Crippen LogP contribution in [0.4, 0.5) is 0 Å². The van der Waals surface area contributed by atoms with Crippen LogP contribution in [-0.2, 0) is 23.1 Å². The highest BCUT2D eigenvalue weighted by atomic mass is 16.4. The third-order valence-corrected chi connectivity index (χ3v) is 3.68. The highest BCUT2D eigenvalue weighted by Gasteiger charge is 2.32. The van der Waals surface area contributed by atoms with Crippen LogP contribution in [0.1, 0.15) is 44.1 Å². The number of aryl methyl sites for hydroxylation is 2. The highest BCUT2D eigenvalue weighted by molar-refractivity contribution is 5.84. The molecule has 1 rings (SSSR count). The van der Waals surface area contributed by atoms with Crippen molar-refractivity contribution in [3.05, 3.63) is 17.0 Å². The molecule has 0 aliphatic carbocycles. The first-order valence-corrected chi connectivity index (χ1v) is 7.05. The van der Waals surface area contributed by atoms with E-state index >= 15 is 0 Å². The molecule has 1 aromatic heterocycles. The summed E-state index contributed by atoms with van der Waals surface area (Å²) in [5.41, 5.74) is 2.47. The Kier molecular flexibility index (Phi) is 5.15. The van der Waals surface area contributed by atoms with Gasteiger partial charge in [0.25, 0.3) is 0 Å². The van der Waals surface area contributed by atoms with Crippen molar-refractivity contribution in [2.24, 2.45) is 12.5 Å². The van der Waals surface area contributed by atoms with Gasteiger partial charge in [-0.1, -0.05) is 20.8 Å². The molecular weight excluding hydrogens is 270 g/mol. The predicted octanol–water partition coefficient (Wildman–Crippen LogP) is 1.59. The van der Waals surface area contributed by atoms with Gasteiger partial charge in [0.15, 0.2) is 0 Å². The van der Waals surface area contributed by atoms with Crippen molar-refractivity contribution in [2.45, 2.75) is 53.5 Å². The van der Waals surface area contributed by atoms with Gasteiger partial charge < -0.3 is 10.4 Å². The highest BCUT2D eigenvalue weighted by Crippen LogP contribution is 2.20. The second kappa shape index (κ2) is 6.28. The molecule has 2 N–H and O–H groups in total. The number of carboxylic acid groups (broad SMARTS) is 1. The van der Waals surface area contributed by atoms with Crippen molar-refractivity contribution in [1.82, 2.24) is 15.1 Å². The topological polar surface area (TPSA) is 84.2 Å². The fourth-order valence-electron chi connectivity index (χ4n) is 2.30. The van der Waals surface area contributed by atoms with Gasteiger partial charge in [0.1, 0.15) is 6.04 Å². The Hall–Kier alpha value is -1.85. The molecule has 0 saturated carbocycles. The Bertz CT molecular complexity index is 541. The number of aromatic nitrogens is 2. The number of aliphatic carboxylic acids is 1. The van der Waals surface area contributed by atoms with E-state index in [0.29, 0.717) is 6.42 Å². The standard InChI is InChI=1S/C15H25N3O3/c1-9-11(10(2)18(6)17-9)7-8-12(19)16-13(14(20)21)15(3,4)5/h13H,7-8H2,1-6H3,(H,16,19)(H,20,21). The third kappa shape index (κ3) is 4.31. The quantitative estimate of drug-likeness (QED) is 0.864. The fourth-order valence-corrected chi connectivity index (χ4v) is 2.30. The number of carbonyl (C=O) groups is 2. The summed E-state index contributed by atoms with van der Waals surface area (Å²) in [4.78, 5) is 23.2. The summed E-state index contributed by atoms with van der Waals surface area (Å²) in [7, 11) is 1.87. The molecule has 0 saturated heterocycles. The fraction of sp³-hybridized carbons (Fsp3) is 0.667. The van der Waals surface area contributed by atoms with E-state index in [-0.39, 0.29) is 12.3 Å². The summed E-state index contributed by atoms with van der Waals surface area (Å²) in [5.74, 6) is -1.26. The summed E-state index contributed by atoms with van der Waals surface area (Å²) in [6.45, 7) is 9.25. The minimum absolute atomic E-state index is 0.250. The maximum absolute atomic E-state index is 12.0. The molecule has 1 amide bonds. The van der Waals surface area contributed by atoms with Gasteiger partial charge in [-0.3, -0.25) is 9.48 Å². The Balaban J connectivity index is 2.68. The number of carboxylic acids is 1. The van der Waals surface area contributed by atoms with Crippen LogP contribution in [0.2, 0.25) is 0 Å². The maximum Gasteiger partial charge on any atom is 0.326 e. The summed E-state index contributed by atoms with van der Waals surface area (Å²) in [5, 5.41) is 16.1. The smallest absolute Gasteiger partial charge is 0.326 e. The van der Waals surface area contributed by atoms with Gasteiger partial charge in [-0.05, 0) is 31.2 Å². The van der Waals surface area contributed by atoms with Gasteiger partial charge in [-0.2, -0.15) is 5.10 Å². The van der Waals surface area contributed by atoms with Crippen molar-refractivity contribution in [2.75, 3.05) is 0 Å². The van der Waals surface area contributed by atoms with Gasteiger partial charge >= 0.3 is 5.97 Å². The Morgan fingerprint density at radius 1 is 1.33 bits per heavy atom. The molecule has 6 heteroatoms. The number of nitrogens with one attached hydrogen (secondary N) is 1. The summed E-state index contributed by atoms with van der Waals surface area (Å²) >= 11 is 0. The lowest BCUT2D eigenvalue weighted by atomic mass is 9.86. The Morgan fingerprint density at radius 3 is 2.29 bits per heavy atom. The zero-order chi connectivity index (χ0) is 16.4. The minimum atomic E-state index is -1.01. The molecule has 0 aromatic carbocycles. The van der Waals surface area contributed by atoms with E-state index in [0.717, 1.165) is 17.0 Å². The molecule has 1 unspecified atom stereocenters. The third-order valence-electron chi connectivity index (χ3n) is 3.68. The van der Waals surface area contributed by atoms with Crippen molar-refractivity contribution in [3.8, 4) is 0 Å². The second-order valence-electron chi connectivity index (χ2n) is 6.48. The molecule has 21 heavy (non-hydrogen) atoms. The van der Waals surface area contributed by atoms with E-state index in [9.17, 15) is 14.7 Å². The SMILES string of the molecule is Cc1nn(C)c(C)c1CCC(=O)NC(C(=O)O)C(C)(C)C. The van der Waals surface area contributed by atoms with Crippen molar-refractivity contribution in [3.63, 3.8) is 0 Å². The molecule has 118 valence electrons. The van der Waals surface area contributed by atoms with E-state index in [1.165, 1.54) is 0 Å². The normalized spacial score (nSPS) is 13.0. The van der Waals surface area contributed by atoms with Gasteiger partial charge in [-0.15, -0.1) is 0 Å². The second-order valence-corrected chi connectivity index (χ2v) is 6.48. The van der Waals surface area contributed by atoms with E-state index < -0.39 is 17.4 Å². The molecule has 0 fully saturated rings. The lowest BCUT2D eigenvalue weighted by Crippen LogP contribution is -2.49. The molecule has 1 heterocycles. The zero-order valence-electron chi connectivity index (χ0n) is 13.6.